The molecule has 4 nitrogen and oxygen atoms in total. The van der Waals surface area contributed by atoms with Crippen LogP contribution in [0.5, 0.6) is 5.75 Å². The van der Waals surface area contributed by atoms with Crippen molar-refractivity contribution in [2.45, 2.75) is 13.8 Å². The molecule has 0 unspecified atom stereocenters. The van der Waals surface area contributed by atoms with Gasteiger partial charge in [0.2, 0.25) is 0 Å². The lowest BCUT2D eigenvalue weighted by Gasteiger charge is -2.11. The molecule has 0 aliphatic carbocycles. The maximum atomic E-state index is 12.2. The number of fused-ring (bicyclic) bond motifs is 1. The van der Waals surface area contributed by atoms with E-state index in [0.29, 0.717) is 16.3 Å². The number of hydrogen-bond acceptors (Lipinski definition) is 3. The minimum Gasteiger partial charge on any atom is -0.481 e. The minimum atomic E-state index is -0.220. The standard InChI is InChI=1S/C19H17ClN2O2/c1-12-5-6-13(2)16(10-12)22-18(23)11-24-17-8-7-15(20)14-4-3-9-21-19(14)17/h3-10H,11H2,1-2H3,(H,22,23). The summed E-state index contributed by atoms with van der Waals surface area (Å²) in [6, 6.07) is 13.1. The van der Waals surface area contributed by atoms with Gasteiger partial charge in [0, 0.05) is 17.3 Å². The number of ether oxygens (including phenoxy) is 1. The SMILES string of the molecule is Cc1ccc(C)c(NC(=O)COc2ccc(Cl)c3cccnc23)c1. The second kappa shape index (κ2) is 6.89. The molecule has 2 aromatic carbocycles. The second-order valence-electron chi connectivity index (χ2n) is 5.60. The van der Waals surface area contributed by atoms with Crippen molar-refractivity contribution in [3.63, 3.8) is 0 Å². The highest BCUT2D eigenvalue weighted by molar-refractivity contribution is 6.35. The van der Waals surface area contributed by atoms with E-state index in [9.17, 15) is 4.79 Å². The van der Waals surface area contributed by atoms with Gasteiger partial charge in [-0.2, -0.15) is 0 Å². The van der Waals surface area contributed by atoms with Gasteiger partial charge in [-0.15, -0.1) is 0 Å². The molecule has 0 radical (unpaired) electrons. The Morgan fingerprint density at radius 1 is 1.21 bits per heavy atom. The fourth-order valence-electron chi connectivity index (χ4n) is 2.43. The lowest BCUT2D eigenvalue weighted by molar-refractivity contribution is -0.118. The summed E-state index contributed by atoms with van der Waals surface area (Å²) in [6.07, 6.45) is 1.67. The van der Waals surface area contributed by atoms with Crippen molar-refractivity contribution in [3.05, 3.63) is 64.8 Å². The number of carbonyl (C=O) groups is 1. The molecule has 122 valence electrons. The molecule has 1 amide bonds. The van der Waals surface area contributed by atoms with Crippen LogP contribution in [0.4, 0.5) is 5.69 Å². The first-order valence-electron chi connectivity index (χ1n) is 7.58. The number of rotatable bonds is 4. The molecular weight excluding hydrogens is 324 g/mol. The van der Waals surface area contributed by atoms with Crippen LogP contribution in [0, 0.1) is 13.8 Å². The number of nitrogens with one attached hydrogen (secondary N) is 1. The predicted octanol–water partition coefficient (Wildman–Crippen LogP) is 4.52. The largest absolute Gasteiger partial charge is 0.481 e. The van der Waals surface area contributed by atoms with Crippen LogP contribution in [0.25, 0.3) is 10.9 Å². The molecular formula is C19H17ClN2O2. The summed E-state index contributed by atoms with van der Waals surface area (Å²) in [5, 5.41) is 4.27. The van der Waals surface area contributed by atoms with Gasteiger partial charge in [0.25, 0.3) is 5.91 Å². The van der Waals surface area contributed by atoms with Crippen LogP contribution in [-0.4, -0.2) is 17.5 Å². The monoisotopic (exact) mass is 340 g/mol. The average molecular weight is 341 g/mol. The van der Waals surface area contributed by atoms with Crippen LogP contribution < -0.4 is 10.1 Å². The highest BCUT2D eigenvalue weighted by Crippen LogP contribution is 2.29. The summed E-state index contributed by atoms with van der Waals surface area (Å²) < 4.78 is 5.65. The van der Waals surface area contributed by atoms with E-state index in [2.05, 4.69) is 10.3 Å². The van der Waals surface area contributed by atoms with E-state index in [-0.39, 0.29) is 12.5 Å². The summed E-state index contributed by atoms with van der Waals surface area (Å²) in [6.45, 7) is 3.84. The fourth-order valence-corrected chi connectivity index (χ4v) is 2.64. The Kier molecular flexibility index (Phi) is 4.67. The van der Waals surface area contributed by atoms with Gasteiger partial charge < -0.3 is 10.1 Å². The zero-order valence-corrected chi connectivity index (χ0v) is 14.2. The van der Waals surface area contributed by atoms with Crippen LogP contribution in [0.3, 0.4) is 0 Å². The van der Waals surface area contributed by atoms with Crippen molar-refractivity contribution >= 4 is 34.1 Å². The highest BCUT2D eigenvalue weighted by Gasteiger charge is 2.10. The van der Waals surface area contributed by atoms with Crippen molar-refractivity contribution in [3.8, 4) is 5.75 Å². The number of anilines is 1. The molecule has 0 bridgehead atoms. The van der Waals surface area contributed by atoms with Gasteiger partial charge in [0.1, 0.15) is 11.3 Å². The number of aromatic nitrogens is 1. The number of benzene rings is 2. The van der Waals surface area contributed by atoms with Gasteiger partial charge in [-0.3, -0.25) is 9.78 Å². The van der Waals surface area contributed by atoms with Crippen LogP contribution in [-0.2, 0) is 4.79 Å². The molecule has 1 aromatic heterocycles. The predicted molar refractivity (Wildman–Crippen MR) is 96.8 cm³/mol. The van der Waals surface area contributed by atoms with Gasteiger partial charge in [-0.05, 0) is 55.3 Å². The van der Waals surface area contributed by atoms with E-state index in [1.54, 1.807) is 18.3 Å². The first-order valence-corrected chi connectivity index (χ1v) is 7.95. The Morgan fingerprint density at radius 2 is 2.04 bits per heavy atom. The fraction of sp³-hybridized carbons (Fsp3) is 0.158. The lowest BCUT2D eigenvalue weighted by atomic mass is 10.1. The summed E-state index contributed by atoms with van der Waals surface area (Å²) in [5.41, 5.74) is 3.53. The van der Waals surface area contributed by atoms with Gasteiger partial charge in [0.05, 0.1) is 5.02 Å². The van der Waals surface area contributed by atoms with Crippen molar-refractivity contribution in [2.75, 3.05) is 11.9 Å². The molecule has 3 rings (SSSR count). The zero-order chi connectivity index (χ0) is 17.1. The Morgan fingerprint density at radius 3 is 2.88 bits per heavy atom. The Labute approximate surface area is 145 Å². The van der Waals surface area contributed by atoms with Crippen molar-refractivity contribution < 1.29 is 9.53 Å². The second-order valence-corrected chi connectivity index (χ2v) is 6.01. The van der Waals surface area contributed by atoms with E-state index in [1.165, 1.54) is 0 Å². The molecule has 0 atom stereocenters. The first-order chi connectivity index (χ1) is 11.5. The summed E-state index contributed by atoms with van der Waals surface area (Å²) in [5.74, 6) is 0.314. The average Bonchev–Trinajstić information content (AvgIpc) is 2.58. The molecule has 3 aromatic rings. The minimum absolute atomic E-state index is 0.0965. The van der Waals surface area contributed by atoms with Gasteiger partial charge in [-0.1, -0.05) is 23.7 Å². The van der Waals surface area contributed by atoms with Gasteiger partial charge in [0.15, 0.2) is 6.61 Å². The van der Waals surface area contributed by atoms with E-state index in [4.69, 9.17) is 16.3 Å². The molecule has 0 aliphatic heterocycles. The smallest absolute Gasteiger partial charge is 0.262 e. The number of carbonyl (C=O) groups excluding carboxylic acids is 1. The van der Waals surface area contributed by atoms with Crippen LogP contribution in [0.1, 0.15) is 11.1 Å². The van der Waals surface area contributed by atoms with Gasteiger partial charge in [-0.25, -0.2) is 0 Å². The molecule has 0 aliphatic rings. The summed E-state index contributed by atoms with van der Waals surface area (Å²) in [7, 11) is 0. The van der Waals surface area contributed by atoms with E-state index >= 15 is 0 Å². The third-order valence-corrected chi connectivity index (χ3v) is 4.03. The summed E-state index contributed by atoms with van der Waals surface area (Å²) in [4.78, 5) is 16.5. The normalized spacial score (nSPS) is 10.6. The maximum absolute atomic E-state index is 12.2. The molecule has 1 N–H and O–H groups in total. The molecule has 0 saturated heterocycles. The first kappa shape index (κ1) is 16.3. The molecule has 0 fully saturated rings. The van der Waals surface area contributed by atoms with Crippen LogP contribution >= 0.6 is 11.6 Å². The Balaban J connectivity index is 1.73. The molecule has 0 saturated carbocycles. The number of halogens is 1. The molecule has 0 spiro atoms. The Hall–Kier alpha value is -2.59. The van der Waals surface area contributed by atoms with Crippen molar-refractivity contribution in [1.29, 1.82) is 0 Å². The number of aryl methyl sites for hydroxylation is 2. The number of nitrogens with zero attached hydrogens (tertiary/aromatic N) is 1. The number of pyridine rings is 1. The topological polar surface area (TPSA) is 51.2 Å². The van der Waals surface area contributed by atoms with Gasteiger partial charge >= 0.3 is 0 Å². The molecule has 1 heterocycles. The quantitative estimate of drug-likeness (QED) is 0.759. The molecule has 5 heteroatoms. The zero-order valence-electron chi connectivity index (χ0n) is 13.5. The van der Waals surface area contributed by atoms with E-state index in [1.807, 2.05) is 44.2 Å². The third kappa shape index (κ3) is 3.49. The van der Waals surface area contributed by atoms with Crippen LogP contribution in [0.2, 0.25) is 5.02 Å². The van der Waals surface area contributed by atoms with Crippen LogP contribution in [0.15, 0.2) is 48.7 Å². The highest BCUT2D eigenvalue weighted by atomic mass is 35.5. The maximum Gasteiger partial charge on any atom is 0.262 e. The number of amides is 1. The van der Waals surface area contributed by atoms with Crippen molar-refractivity contribution in [2.24, 2.45) is 0 Å². The van der Waals surface area contributed by atoms with Crippen molar-refractivity contribution in [1.82, 2.24) is 4.98 Å². The number of hydrogen-bond donors (Lipinski definition) is 1. The lowest BCUT2D eigenvalue weighted by Crippen LogP contribution is -2.20. The third-order valence-electron chi connectivity index (χ3n) is 3.71. The van der Waals surface area contributed by atoms with E-state index < -0.39 is 0 Å². The summed E-state index contributed by atoms with van der Waals surface area (Å²) >= 11 is 6.16. The Bertz CT molecular complexity index is 909. The molecule has 24 heavy (non-hydrogen) atoms. The van der Waals surface area contributed by atoms with E-state index in [0.717, 1.165) is 22.2 Å².